The van der Waals surface area contributed by atoms with Gasteiger partial charge in [0.05, 0.1) is 18.2 Å². The summed E-state index contributed by atoms with van der Waals surface area (Å²) >= 11 is 0. The van der Waals surface area contributed by atoms with Crippen LogP contribution in [0, 0.1) is 0 Å². The van der Waals surface area contributed by atoms with Gasteiger partial charge >= 0.3 is 0 Å². The summed E-state index contributed by atoms with van der Waals surface area (Å²) in [4.78, 5) is 4.02. The van der Waals surface area contributed by atoms with E-state index in [9.17, 15) is 5.11 Å². The van der Waals surface area contributed by atoms with Crippen LogP contribution in [0.4, 0.5) is 0 Å². The van der Waals surface area contributed by atoms with E-state index in [0.717, 1.165) is 5.69 Å². The van der Waals surface area contributed by atoms with Crippen molar-refractivity contribution in [2.45, 2.75) is 26.0 Å². The zero-order valence-corrected chi connectivity index (χ0v) is 8.36. The van der Waals surface area contributed by atoms with E-state index in [4.69, 9.17) is 0 Å². The van der Waals surface area contributed by atoms with Crippen molar-refractivity contribution >= 4 is 0 Å². The Morgan fingerprint density at radius 1 is 1.62 bits per heavy atom. The van der Waals surface area contributed by atoms with Crippen LogP contribution < -0.4 is 5.32 Å². The summed E-state index contributed by atoms with van der Waals surface area (Å²) in [6, 6.07) is 0.337. The molecule has 4 heteroatoms. The average Bonchev–Trinajstić information content (AvgIpc) is 2.52. The first-order valence-corrected chi connectivity index (χ1v) is 4.51. The minimum atomic E-state index is -0.477. The van der Waals surface area contributed by atoms with E-state index in [1.165, 1.54) is 0 Å². The van der Waals surface area contributed by atoms with Gasteiger partial charge in [-0.2, -0.15) is 0 Å². The number of aliphatic hydroxyl groups is 1. The molecule has 0 aliphatic rings. The third kappa shape index (κ3) is 2.29. The van der Waals surface area contributed by atoms with Crippen LogP contribution in [-0.2, 0) is 0 Å². The zero-order valence-electron chi connectivity index (χ0n) is 8.36. The van der Waals surface area contributed by atoms with Gasteiger partial charge in [-0.3, -0.25) is 0 Å². The molecule has 0 radical (unpaired) electrons. The van der Waals surface area contributed by atoms with Crippen molar-refractivity contribution in [3.8, 4) is 0 Å². The van der Waals surface area contributed by atoms with E-state index in [1.807, 2.05) is 11.6 Å². The number of rotatable bonds is 4. The normalized spacial score (nSPS) is 13.6. The third-order valence-electron chi connectivity index (χ3n) is 1.99. The van der Waals surface area contributed by atoms with E-state index in [1.54, 1.807) is 12.5 Å². The molecule has 0 aliphatic heterocycles. The van der Waals surface area contributed by atoms with Gasteiger partial charge in [0.15, 0.2) is 0 Å². The molecular weight excluding hydrogens is 166 g/mol. The first kappa shape index (κ1) is 10.2. The summed E-state index contributed by atoms with van der Waals surface area (Å²) in [5.74, 6) is 0. The largest absolute Gasteiger partial charge is 0.385 e. The molecule has 13 heavy (non-hydrogen) atoms. The van der Waals surface area contributed by atoms with Crippen LogP contribution in [0.1, 0.15) is 31.7 Å². The minimum absolute atomic E-state index is 0.337. The SMILES string of the molecule is CNCC(O)c1cncn1C(C)C. The van der Waals surface area contributed by atoms with Gasteiger partial charge in [-0.15, -0.1) is 0 Å². The number of nitrogens with zero attached hydrogens (tertiary/aromatic N) is 2. The molecule has 1 heterocycles. The molecule has 1 atom stereocenters. The second-order valence-electron chi connectivity index (χ2n) is 3.39. The fourth-order valence-corrected chi connectivity index (χ4v) is 1.30. The quantitative estimate of drug-likeness (QED) is 0.723. The summed E-state index contributed by atoms with van der Waals surface area (Å²) < 4.78 is 1.97. The third-order valence-corrected chi connectivity index (χ3v) is 1.99. The molecular formula is C9H17N3O. The van der Waals surface area contributed by atoms with Crippen molar-refractivity contribution in [1.82, 2.24) is 14.9 Å². The van der Waals surface area contributed by atoms with E-state index in [-0.39, 0.29) is 0 Å². The monoisotopic (exact) mass is 183 g/mol. The maximum absolute atomic E-state index is 9.72. The summed E-state index contributed by atoms with van der Waals surface area (Å²) in [5, 5.41) is 12.6. The van der Waals surface area contributed by atoms with Crippen molar-refractivity contribution in [2.75, 3.05) is 13.6 Å². The van der Waals surface area contributed by atoms with E-state index < -0.39 is 6.10 Å². The molecule has 0 aromatic carbocycles. The molecule has 0 aliphatic carbocycles. The van der Waals surface area contributed by atoms with Crippen LogP contribution in [0.25, 0.3) is 0 Å². The molecule has 1 aromatic rings. The molecule has 0 spiro atoms. The highest BCUT2D eigenvalue weighted by Crippen LogP contribution is 2.15. The van der Waals surface area contributed by atoms with Gasteiger partial charge in [-0.25, -0.2) is 4.98 Å². The van der Waals surface area contributed by atoms with Gasteiger partial charge in [0.2, 0.25) is 0 Å². The van der Waals surface area contributed by atoms with Crippen molar-refractivity contribution < 1.29 is 5.11 Å². The Labute approximate surface area is 78.6 Å². The summed E-state index contributed by atoms with van der Waals surface area (Å²) in [6.07, 6.45) is 2.98. The average molecular weight is 183 g/mol. The van der Waals surface area contributed by atoms with Gasteiger partial charge in [0.1, 0.15) is 6.10 Å². The fourth-order valence-electron chi connectivity index (χ4n) is 1.30. The molecule has 1 rings (SSSR count). The lowest BCUT2D eigenvalue weighted by Crippen LogP contribution is -2.19. The molecule has 4 nitrogen and oxygen atoms in total. The van der Waals surface area contributed by atoms with Crippen LogP contribution in [0.3, 0.4) is 0 Å². The minimum Gasteiger partial charge on any atom is -0.385 e. The summed E-state index contributed by atoms with van der Waals surface area (Å²) in [7, 11) is 1.82. The zero-order chi connectivity index (χ0) is 9.84. The molecule has 0 saturated carbocycles. The van der Waals surface area contributed by atoms with Crippen LogP contribution in [-0.4, -0.2) is 28.3 Å². The Kier molecular flexibility index (Phi) is 3.45. The molecule has 1 aromatic heterocycles. The Balaban J connectivity index is 2.80. The highest BCUT2D eigenvalue weighted by Gasteiger charge is 2.13. The lowest BCUT2D eigenvalue weighted by Gasteiger charge is -2.15. The lowest BCUT2D eigenvalue weighted by atomic mass is 10.2. The maximum atomic E-state index is 9.72. The topological polar surface area (TPSA) is 50.1 Å². The first-order chi connectivity index (χ1) is 6.16. The van der Waals surface area contributed by atoms with Crippen molar-refractivity contribution in [3.05, 3.63) is 18.2 Å². The number of hydrogen-bond acceptors (Lipinski definition) is 3. The maximum Gasteiger partial charge on any atom is 0.108 e. The second-order valence-corrected chi connectivity index (χ2v) is 3.39. The number of nitrogens with one attached hydrogen (secondary N) is 1. The van der Waals surface area contributed by atoms with Gasteiger partial charge in [-0.05, 0) is 20.9 Å². The van der Waals surface area contributed by atoms with E-state index in [0.29, 0.717) is 12.6 Å². The molecule has 1 unspecified atom stereocenters. The lowest BCUT2D eigenvalue weighted by molar-refractivity contribution is 0.166. The predicted octanol–water partition coefficient (Wildman–Crippen LogP) is 0.717. The van der Waals surface area contributed by atoms with Crippen LogP contribution in [0.2, 0.25) is 0 Å². The molecule has 0 saturated heterocycles. The number of hydrogen-bond donors (Lipinski definition) is 2. The number of aromatic nitrogens is 2. The smallest absolute Gasteiger partial charge is 0.108 e. The highest BCUT2D eigenvalue weighted by molar-refractivity contribution is 5.04. The highest BCUT2D eigenvalue weighted by atomic mass is 16.3. The van der Waals surface area contributed by atoms with Gasteiger partial charge < -0.3 is 15.0 Å². The van der Waals surface area contributed by atoms with Crippen LogP contribution in [0.5, 0.6) is 0 Å². The Bertz CT molecular complexity index is 257. The van der Waals surface area contributed by atoms with E-state index in [2.05, 4.69) is 24.1 Å². The molecule has 0 amide bonds. The summed E-state index contributed by atoms with van der Waals surface area (Å²) in [6.45, 7) is 4.69. The van der Waals surface area contributed by atoms with Crippen molar-refractivity contribution in [1.29, 1.82) is 0 Å². The van der Waals surface area contributed by atoms with Gasteiger partial charge in [0.25, 0.3) is 0 Å². The second kappa shape index (κ2) is 4.39. The Hall–Kier alpha value is -0.870. The molecule has 0 fully saturated rings. The predicted molar refractivity (Wildman–Crippen MR) is 51.5 cm³/mol. The van der Waals surface area contributed by atoms with Crippen LogP contribution >= 0.6 is 0 Å². The Morgan fingerprint density at radius 3 is 2.85 bits per heavy atom. The van der Waals surface area contributed by atoms with Crippen molar-refractivity contribution in [2.24, 2.45) is 0 Å². The molecule has 74 valence electrons. The van der Waals surface area contributed by atoms with Gasteiger partial charge in [0, 0.05) is 12.6 Å². The Morgan fingerprint density at radius 2 is 2.31 bits per heavy atom. The number of imidazole rings is 1. The summed E-state index contributed by atoms with van der Waals surface area (Å²) in [5.41, 5.74) is 0.865. The van der Waals surface area contributed by atoms with Crippen LogP contribution in [0.15, 0.2) is 12.5 Å². The molecule has 2 N–H and O–H groups in total. The fraction of sp³-hybridized carbons (Fsp3) is 0.667. The van der Waals surface area contributed by atoms with Crippen molar-refractivity contribution in [3.63, 3.8) is 0 Å². The number of aliphatic hydroxyl groups excluding tert-OH is 1. The van der Waals surface area contributed by atoms with E-state index >= 15 is 0 Å². The molecule has 0 bridgehead atoms. The first-order valence-electron chi connectivity index (χ1n) is 4.51. The standard InChI is InChI=1S/C9H17N3O/c1-7(2)12-6-11-4-8(12)9(13)5-10-3/h4,6-7,9-10,13H,5H2,1-3H3. The number of likely N-dealkylation sites (N-methyl/N-ethyl adjacent to an activating group) is 1. The van der Waals surface area contributed by atoms with Gasteiger partial charge in [-0.1, -0.05) is 0 Å².